The summed E-state index contributed by atoms with van der Waals surface area (Å²) in [5.41, 5.74) is 0. The minimum absolute atomic E-state index is 0.0481. The molecule has 68 valence electrons. The van der Waals surface area contributed by atoms with E-state index < -0.39 is 0 Å². The van der Waals surface area contributed by atoms with Gasteiger partial charge >= 0.3 is 0 Å². The molecule has 0 spiro atoms. The van der Waals surface area contributed by atoms with Crippen LogP contribution >= 0.6 is 11.8 Å². The Kier molecular flexibility index (Phi) is 2.46. The fourth-order valence-corrected chi connectivity index (χ4v) is 1.89. The number of thioether (sulfide) groups is 1. The molecule has 0 aromatic rings. The van der Waals surface area contributed by atoms with E-state index in [4.69, 9.17) is 0 Å². The molecule has 0 atom stereocenters. The van der Waals surface area contributed by atoms with E-state index in [9.17, 15) is 4.79 Å². The maximum atomic E-state index is 11.3. The van der Waals surface area contributed by atoms with E-state index in [2.05, 4.69) is 10.3 Å². The number of hydrogen-bond donors (Lipinski definition) is 1. The highest BCUT2D eigenvalue weighted by Gasteiger charge is 2.37. The molecule has 3 nitrogen and oxygen atoms in total. The highest BCUT2D eigenvalue weighted by molar-refractivity contribution is 8.16. The van der Waals surface area contributed by atoms with E-state index in [0.29, 0.717) is 0 Å². The van der Waals surface area contributed by atoms with Gasteiger partial charge in [0.15, 0.2) is 5.17 Å². The molecule has 0 bridgehead atoms. The van der Waals surface area contributed by atoms with Gasteiger partial charge in [-0.3, -0.25) is 9.79 Å². The third-order valence-corrected chi connectivity index (χ3v) is 2.59. The normalized spacial score (nSPS) is 25.1. The Labute approximate surface area is 77.0 Å². The van der Waals surface area contributed by atoms with Gasteiger partial charge in [-0.15, -0.1) is 0 Å². The second kappa shape index (κ2) is 3.09. The smallest absolute Gasteiger partial charge is 0.242 e. The molecule has 1 rings (SSSR count). The van der Waals surface area contributed by atoms with Crippen molar-refractivity contribution in [2.75, 3.05) is 0 Å². The summed E-state index contributed by atoms with van der Waals surface area (Å²) in [6, 6.07) is 0.238. The largest absolute Gasteiger partial charge is 0.304 e. The topological polar surface area (TPSA) is 41.5 Å². The van der Waals surface area contributed by atoms with Crippen molar-refractivity contribution in [2.24, 2.45) is 4.99 Å². The van der Waals surface area contributed by atoms with Crippen LogP contribution in [0, 0.1) is 0 Å². The lowest BCUT2D eigenvalue weighted by molar-refractivity contribution is -0.120. The highest BCUT2D eigenvalue weighted by atomic mass is 32.2. The first kappa shape index (κ1) is 9.58. The van der Waals surface area contributed by atoms with E-state index in [1.54, 1.807) is 0 Å². The second-order valence-corrected chi connectivity index (χ2v) is 5.21. The number of nitrogens with zero attached hydrogens (tertiary/aromatic N) is 1. The minimum atomic E-state index is -0.353. The summed E-state index contributed by atoms with van der Waals surface area (Å²) in [6.45, 7) is 7.78. The van der Waals surface area contributed by atoms with E-state index >= 15 is 0 Å². The van der Waals surface area contributed by atoms with Crippen molar-refractivity contribution in [1.82, 2.24) is 5.32 Å². The lowest BCUT2D eigenvalue weighted by atomic mass is 10.2. The molecule has 1 N–H and O–H groups in total. The highest BCUT2D eigenvalue weighted by Crippen LogP contribution is 2.30. The van der Waals surface area contributed by atoms with Crippen LogP contribution in [0.5, 0.6) is 0 Å². The van der Waals surface area contributed by atoms with Gasteiger partial charge in [0.25, 0.3) is 0 Å². The van der Waals surface area contributed by atoms with E-state index in [1.807, 2.05) is 27.7 Å². The van der Waals surface area contributed by atoms with Gasteiger partial charge in [0, 0.05) is 6.04 Å². The SMILES string of the molecule is CC(C)N=C1NC(=O)C(C)(C)S1. The number of carbonyl (C=O) groups excluding carboxylic acids is 1. The van der Waals surface area contributed by atoms with Gasteiger partial charge < -0.3 is 5.32 Å². The molecule has 1 saturated heterocycles. The number of amides is 1. The Morgan fingerprint density at radius 1 is 1.50 bits per heavy atom. The van der Waals surface area contributed by atoms with Crippen LogP contribution in [0.1, 0.15) is 27.7 Å². The van der Waals surface area contributed by atoms with Gasteiger partial charge in [0.05, 0.1) is 4.75 Å². The van der Waals surface area contributed by atoms with Crippen molar-refractivity contribution in [3.05, 3.63) is 0 Å². The van der Waals surface area contributed by atoms with Gasteiger partial charge in [0.2, 0.25) is 5.91 Å². The average molecular weight is 186 g/mol. The zero-order valence-electron chi connectivity index (χ0n) is 7.84. The van der Waals surface area contributed by atoms with Crippen LogP contribution < -0.4 is 5.32 Å². The quantitative estimate of drug-likeness (QED) is 0.672. The molecular formula is C8H14N2OS. The molecule has 0 aromatic carbocycles. The van der Waals surface area contributed by atoms with Crippen LogP contribution in [0.3, 0.4) is 0 Å². The van der Waals surface area contributed by atoms with Crippen LogP contribution in [0.2, 0.25) is 0 Å². The molecule has 0 saturated carbocycles. The van der Waals surface area contributed by atoms with Crippen LogP contribution in [0.4, 0.5) is 0 Å². The minimum Gasteiger partial charge on any atom is -0.304 e. The molecule has 4 heteroatoms. The van der Waals surface area contributed by atoms with Crippen molar-refractivity contribution in [1.29, 1.82) is 0 Å². The van der Waals surface area contributed by atoms with Crippen molar-refractivity contribution in [2.45, 2.75) is 38.5 Å². The van der Waals surface area contributed by atoms with Gasteiger partial charge in [0.1, 0.15) is 0 Å². The monoisotopic (exact) mass is 186 g/mol. The first-order valence-corrected chi connectivity index (χ1v) is 4.82. The van der Waals surface area contributed by atoms with Crippen molar-refractivity contribution in [3.8, 4) is 0 Å². The number of rotatable bonds is 1. The first-order valence-electron chi connectivity index (χ1n) is 4.00. The number of nitrogens with one attached hydrogen (secondary N) is 1. The standard InChI is InChI=1S/C8H14N2OS/c1-5(2)9-7-10-6(11)8(3,4)12-7/h5H,1-4H3,(H,9,10,11). The molecule has 12 heavy (non-hydrogen) atoms. The van der Waals surface area contributed by atoms with Gasteiger partial charge in [-0.2, -0.15) is 0 Å². The number of carbonyl (C=O) groups is 1. The van der Waals surface area contributed by atoms with Gasteiger partial charge in [-0.05, 0) is 27.7 Å². The van der Waals surface area contributed by atoms with E-state index in [1.165, 1.54) is 11.8 Å². The molecule has 0 aromatic heterocycles. The third kappa shape index (κ3) is 2.00. The van der Waals surface area contributed by atoms with E-state index in [0.717, 1.165) is 5.17 Å². The predicted molar refractivity (Wildman–Crippen MR) is 52.4 cm³/mol. The van der Waals surface area contributed by atoms with Crippen molar-refractivity contribution < 1.29 is 4.79 Å². The maximum Gasteiger partial charge on any atom is 0.242 e. The molecule has 1 aliphatic heterocycles. The Morgan fingerprint density at radius 2 is 2.08 bits per heavy atom. The molecule has 1 aliphatic rings. The molecule has 0 aliphatic carbocycles. The number of amidine groups is 1. The summed E-state index contributed by atoms with van der Waals surface area (Å²) in [4.78, 5) is 15.5. The number of aliphatic imine (C=N–C) groups is 1. The zero-order valence-corrected chi connectivity index (χ0v) is 8.66. The fraction of sp³-hybridized carbons (Fsp3) is 0.750. The lowest BCUT2D eigenvalue weighted by Gasteiger charge is -2.08. The van der Waals surface area contributed by atoms with Crippen LogP contribution in [-0.2, 0) is 4.79 Å². The molecule has 1 heterocycles. The predicted octanol–water partition coefficient (Wildman–Crippen LogP) is 1.39. The second-order valence-electron chi connectivity index (χ2n) is 3.59. The average Bonchev–Trinajstić information content (AvgIpc) is 2.04. The summed E-state index contributed by atoms with van der Waals surface area (Å²) in [5.74, 6) is 0.0481. The Hall–Kier alpha value is -0.510. The van der Waals surface area contributed by atoms with Gasteiger partial charge in [-0.25, -0.2) is 0 Å². The maximum absolute atomic E-state index is 11.3. The van der Waals surface area contributed by atoms with E-state index in [-0.39, 0.29) is 16.7 Å². The Balaban J connectivity index is 2.73. The Morgan fingerprint density at radius 3 is 2.42 bits per heavy atom. The van der Waals surface area contributed by atoms with Crippen LogP contribution in [0.25, 0.3) is 0 Å². The fourth-order valence-electron chi connectivity index (χ4n) is 0.854. The molecule has 0 unspecified atom stereocenters. The molecular weight excluding hydrogens is 172 g/mol. The Bertz CT molecular complexity index is 233. The first-order chi connectivity index (χ1) is 5.42. The van der Waals surface area contributed by atoms with Gasteiger partial charge in [-0.1, -0.05) is 11.8 Å². The van der Waals surface area contributed by atoms with Crippen LogP contribution in [-0.4, -0.2) is 21.9 Å². The van der Waals surface area contributed by atoms with Crippen molar-refractivity contribution >= 4 is 22.8 Å². The zero-order chi connectivity index (χ0) is 9.35. The summed E-state index contributed by atoms with van der Waals surface area (Å²) < 4.78 is -0.353. The molecule has 1 amide bonds. The molecule has 0 radical (unpaired) electrons. The lowest BCUT2D eigenvalue weighted by Crippen LogP contribution is -2.30. The molecule has 1 fully saturated rings. The van der Waals surface area contributed by atoms with Crippen molar-refractivity contribution in [3.63, 3.8) is 0 Å². The summed E-state index contributed by atoms with van der Waals surface area (Å²) in [7, 11) is 0. The summed E-state index contributed by atoms with van der Waals surface area (Å²) in [6.07, 6.45) is 0. The number of hydrogen-bond acceptors (Lipinski definition) is 3. The summed E-state index contributed by atoms with van der Waals surface area (Å²) >= 11 is 1.49. The summed E-state index contributed by atoms with van der Waals surface area (Å²) in [5, 5.41) is 3.50. The third-order valence-electron chi connectivity index (χ3n) is 1.49. The van der Waals surface area contributed by atoms with Crippen LogP contribution in [0.15, 0.2) is 4.99 Å².